The van der Waals surface area contributed by atoms with Gasteiger partial charge in [0, 0.05) is 17.6 Å². The molecule has 5 rings (SSSR count). The van der Waals surface area contributed by atoms with Crippen molar-refractivity contribution in [1.29, 1.82) is 0 Å². The van der Waals surface area contributed by atoms with Gasteiger partial charge in [0.05, 0.1) is 0 Å². The largest absolute Gasteiger partial charge is 0.450 e. The van der Waals surface area contributed by atoms with Crippen LogP contribution in [0.3, 0.4) is 0 Å². The second-order valence-corrected chi connectivity index (χ2v) is 6.73. The number of rotatable bonds is 3. The molecular formula is C21H18N4O2. The lowest BCUT2D eigenvalue weighted by atomic mass is 10.2. The second-order valence-electron chi connectivity index (χ2n) is 6.73. The fourth-order valence-corrected chi connectivity index (χ4v) is 3.69. The highest BCUT2D eigenvalue weighted by Gasteiger charge is 2.28. The number of hydrogen-bond donors (Lipinski definition) is 1. The average Bonchev–Trinajstić information content (AvgIpc) is 3.29. The maximum atomic E-state index is 13.0. The van der Waals surface area contributed by atoms with Crippen LogP contribution in [0, 0.1) is 0 Å². The van der Waals surface area contributed by atoms with Crippen LogP contribution in [0.5, 0.6) is 0 Å². The second kappa shape index (κ2) is 6.09. The Balaban J connectivity index is 1.46. The van der Waals surface area contributed by atoms with Crippen molar-refractivity contribution in [1.82, 2.24) is 9.97 Å². The standard InChI is InChI=1S/C21H18N4O2/c1-13(21(26)25-11-10-14-6-2-4-8-16(14)25)24-20-19-18(22-12-23-20)15-7-3-5-9-17(15)27-19/h2-9,12-13H,10-11H2,1H3,(H,22,23,24). The molecule has 0 fully saturated rings. The van der Waals surface area contributed by atoms with Gasteiger partial charge in [0.25, 0.3) is 0 Å². The lowest BCUT2D eigenvalue weighted by Crippen LogP contribution is -2.40. The highest BCUT2D eigenvalue weighted by Crippen LogP contribution is 2.31. The third-order valence-corrected chi connectivity index (χ3v) is 5.03. The summed E-state index contributed by atoms with van der Waals surface area (Å²) in [5, 5.41) is 4.15. The predicted octanol–water partition coefficient (Wildman–Crippen LogP) is 3.77. The van der Waals surface area contributed by atoms with Crippen molar-refractivity contribution in [3.8, 4) is 0 Å². The lowest BCUT2D eigenvalue weighted by Gasteiger charge is -2.22. The number of fused-ring (bicyclic) bond motifs is 4. The molecule has 0 bridgehead atoms. The number of amides is 1. The predicted molar refractivity (Wildman–Crippen MR) is 105 cm³/mol. The summed E-state index contributed by atoms with van der Waals surface area (Å²) in [6.45, 7) is 2.55. The summed E-state index contributed by atoms with van der Waals surface area (Å²) >= 11 is 0. The SMILES string of the molecule is CC(Nc1ncnc2c1oc1ccccc12)C(=O)N1CCc2ccccc21. The van der Waals surface area contributed by atoms with E-state index in [0.717, 1.165) is 28.6 Å². The highest BCUT2D eigenvalue weighted by molar-refractivity contribution is 6.06. The topological polar surface area (TPSA) is 71.3 Å². The molecule has 1 unspecified atom stereocenters. The van der Waals surface area contributed by atoms with Crippen LogP contribution in [0.1, 0.15) is 12.5 Å². The Labute approximate surface area is 155 Å². The van der Waals surface area contributed by atoms with Gasteiger partial charge >= 0.3 is 0 Å². The molecule has 1 aliphatic heterocycles. The lowest BCUT2D eigenvalue weighted by molar-refractivity contribution is -0.118. The first-order chi connectivity index (χ1) is 13.2. The number of aromatic nitrogens is 2. The van der Waals surface area contributed by atoms with Crippen LogP contribution in [0.15, 0.2) is 59.3 Å². The van der Waals surface area contributed by atoms with E-state index in [0.29, 0.717) is 17.9 Å². The van der Waals surface area contributed by atoms with E-state index in [4.69, 9.17) is 4.42 Å². The van der Waals surface area contributed by atoms with Crippen molar-refractivity contribution < 1.29 is 9.21 Å². The number of anilines is 2. The number of hydrogen-bond acceptors (Lipinski definition) is 5. The summed E-state index contributed by atoms with van der Waals surface area (Å²) in [6, 6.07) is 15.3. The Morgan fingerprint density at radius 3 is 2.89 bits per heavy atom. The summed E-state index contributed by atoms with van der Waals surface area (Å²) in [6.07, 6.45) is 2.38. The minimum atomic E-state index is -0.442. The molecule has 3 heterocycles. The van der Waals surface area contributed by atoms with Crippen LogP contribution >= 0.6 is 0 Å². The Morgan fingerprint density at radius 2 is 1.96 bits per heavy atom. The molecule has 1 aliphatic rings. The third kappa shape index (κ3) is 2.52. The zero-order valence-corrected chi connectivity index (χ0v) is 14.8. The van der Waals surface area contributed by atoms with Gasteiger partial charge < -0.3 is 14.6 Å². The van der Waals surface area contributed by atoms with Gasteiger partial charge in [0.2, 0.25) is 5.91 Å². The van der Waals surface area contributed by atoms with Gasteiger partial charge in [-0.25, -0.2) is 9.97 Å². The summed E-state index contributed by atoms with van der Waals surface area (Å²) in [5.41, 5.74) is 4.27. The quantitative estimate of drug-likeness (QED) is 0.604. The zero-order valence-electron chi connectivity index (χ0n) is 14.8. The zero-order chi connectivity index (χ0) is 18.4. The molecule has 0 saturated carbocycles. The summed E-state index contributed by atoms with van der Waals surface area (Å²) in [5.74, 6) is 0.548. The van der Waals surface area contributed by atoms with Gasteiger partial charge in [0.15, 0.2) is 11.4 Å². The first-order valence-corrected chi connectivity index (χ1v) is 9.00. The van der Waals surface area contributed by atoms with E-state index in [2.05, 4.69) is 21.4 Å². The summed E-state index contributed by atoms with van der Waals surface area (Å²) in [7, 11) is 0. The smallest absolute Gasteiger partial charge is 0.249 e. The molecule has 6 nitrogen and oxygen atoms in total. The van der Waals surface area contributed by atoms with E-state index in [-0.39, 0.29) is 5.91 Å². The van der Waals surface area contributed by atoms with Gasteiger partial charge in [-0.1, -0.05) is 30.3 Å². The molecule has 2 aromatic heterocycles. The molecule has 0 saturated heterocycles. The molecule has 0 aliphatic carbocycles. The maximum Gasteiger partial charge on any atom is 0.249 e. The third-order valence-electron chi connectivity index (χ3n) is 5.03. The van der Waals surface area contributed by atoms with Crippen molar-refractivity contribution >= 4 is 39.5 Å². The molecule has 0 radical (unpaired) electrons. The minimum absolute atomic E-state index is 0.0165. The number of carbonyl (C=O) groups is 1. The van der Waals surface area contributed by atoms with Crippen LogP contribution in [-0.2, 0) is 11.2 Å². The number of benzene rings is 2. The fraction of sp³-hybridized carbons (Fsp3) is 0.190. The van der Waals surface area contributed by atoms with Crippen LogP contribution in [0.2, 0.25) is 0 Å². The van der Waals surface area contributed by atoms with Gasteiger partial charge in [-0.2, -0.15) is 0 Å². The van der Waals surface area contributed by atoms with Gasteiger partial charge in [-0.15, -0.1) is 0 Å². The van der Waals surface area contributed by atoms with E-state index >= 15 is 0 Å². The van der Waals surface area contributed by atoms with E-state index in [1.807, 2.05) is 54.3 Å². The van der Waals surface area contributed by atoms with Gasteiger partial charge in [-0.3, -0.25) is 4.79 Å². The van der Waals surface area contributed by atoms with Crippen molar-refractivity contribution in [3.63, 3.8) is 0 Å². The van der Waals surface area contributed by atoms with Crippen molar-refractivity contribution in [2.24, 2.45) is 0 Å². The molecule has 1 atom stereocenters. The Morgan fingerprint density at radius 1 is 1.15 bits per heavy atom. The van der Waals surface area contributed by atoms with E-state index in [1.54, 1.807) is 0 Å². The maximum absolute atomic E-state index is 13.0. The Bertz CT molecular complexity index is 1170. The Hall–Kier alpha value is -3.41. The minimum Gasteiger partial charge on any atom is -0.450 e. The fourth-order valence-electron chi connectivity index (χ4n) is 3.69. The van der Waals surface area contributed by atoms with Crippen molar-refractivity contribution in [3.05, 3.63) is 60.4 Å². The van der Waals surface area contributed by atoms with Crippen molar-refractivity contribution in [2.45, 2.75) is 19.4 Å². The first kappa shape index (κ1) is 15.8. The van der Waals surface area contributed by atoms with Crippen LogP contribution in [0.25, 0.3) is 22.1 Å². The molecule has 0 spiro atoms. The molecule has 2 aromatic carbocycles. The molecule has 27 heavy (non-hydrogen) atoms. The molecule has 1 amide bonds. The summed E-state index contributed by atoms with van der Waals surface area (Å²) < 4.78 is 5.93. The van der Waals surface area contributed by atoms with Gasteiger partial charge in [0.1, 0.15) is 23.5 Å². The molecule has 4 aromatic rings. The number of nitrogens with one attached hydrogen (secondary N) is 1. The molecule has 6 heteroatoms. The number of nitrogens with zero attached hydrogens (tertiary/aromatic N) is 3. The summed E-state index contributed by atoms with van der Waals surface area (Å²) in [4.78, 5) is 23.5. The highest BCUT2D eigenvalue weighted by atomic mass is 16.3. The molecular weight excluding hydrogens is 340 g/mol. The molecule has 1 N–H and O–H groups in total. The van der Waals surface area contributed by atoms with E-state index in [9.17, 15) is 4.79 Å². The number of para-hydroxylation sites is 2. The normalized spacial score (nSPS) is 14.5. The number of carbonyl (C=O) groups excluding carboxylic acids is 1. The van der Waals surface area contributed by atoms with E-state index in [1.165, 1.54) is 11.9 Å². The Kier molecular flexibility index (Phi) is 3.57. The van der Waals surface area contributed by atoms with Crippen LogP contribution < -0.4 is 10.2 Å². The number of furan rings is 1. The van der Waals surface area contributed by atoms with Crippen LogP contribution in [0.4, 0.5) is 11.5 Å². The van der Waals surface area contributed by atoms with Crippen LogP contribution in [-0.4, -0.2) is 28.5 Å². The van der Waals surface area contributed by atoms with E-state index < -0.39 is 6.04 Å². The first-order valence-electron chi connectivity index (χ1n) is 9.00. The molecule has 134 valence electrons. The average molecular weight is 358 g/mol. The van der Waals surface area contributed by atoms with Gasteiger partial charge in [-0.05, 0) is 37.1 Å². The monoisotopic (exact) mass is 358 g/mol. The van der Waals surface area contributed by atoms with Crippen molar-refractivity contribution in [2.75, 3.05) is 16.8 Å².